The lowest BCUT2D eigenvalue weighted by molar-refractivity contribution is 0.305. The zero-order valence-corrected chi connectivity index (χ0v) is 11.5. The Hall–Kier alpha value is -1.32. The van der Waals surface area contributed by atoms with E-state index in [2.05, 4.69) is 39.4 Å². The molecule has 0 fully saturated rings. The van der Waals surface area contributed by atoms with Crippen LogP contribution in [0.4, 0.5) is 0 Å². The van der Waals surface area contributed by atoms with Gasteiger partial charge in [0.15, 0.2) is 0 Å². The molecule has 0 radical (unpaired) electrons. The van der Waals surface area contributed by atoms with E-state index < -0.39 is 0 Å². The molecule has 3 rings (SSSR count). The average molecular weight is 304 g/mol. The molecule has 0 aromatic heterocycles. The van der Waals surface area contributed by atoms with Gasteiger partial charge in [0, 0.05) is 17.6 Å². The van der Waals surface area contributed by atoms with Crippen molar-refractivity contribution in [2.24, 2.45) is 0 Å². The third-order valence-electron chi connectivity index (χ3n) is 3.18. The van der Waals surface area contributed by atoms with Crippen molar-refractivity contribution in [3.63, 3.8) is 0 Å². The second-order valence-electron chi connectivity index (χ2n) is 4.40. The fourth-order valence-electron chi connectivity index (χ4n) is 2.26. The van der Waals surface area contributed by atoms with Crippen LogP contribution in [0.15, 0.2) is 46.9 Å². The van der Waals surface area contributed by atoms with Gasteiger partial charge in [-0.05, 0) is 34.9 Å². The molecule has 2 aromatic carbocycles. The van der Waals surface area contributed by atoms with Gasteiger partial charge in [0.1, 0.15) is 12.4 Å². The molecular weight excluding hydrogens is 290 g/mol. The van der Waals surface area contributed by atoms with Gasteiger partial charge in [-0.15, -0.1) is 0 Å². The van der Waals surface area contributed by atoms with E-state index in [4.69, 9.17) is 4.74 Å². The molecule has 0 atom stereocenters. The Balaban J connectivity index is 1.76. The lowest BCUT2D eigenvalue weighted by Gasteiger charge is -2.10. The van der Waals surface area contributed by atoms with Crippen LogP contribution in [0.25, 0.3) is 0 Å². The monoisotopic (exact) mass is 303 g/mol. The van der Waals surface area contributed by atoms with Gasteiger partial charge >= 0.3 is 0 Å². The number of fused-ring (bicyclic) bond motifs is 1. The molecule has 18 heavy (non-hydrogen) atoms. The van der Waals surface area contributed by atoms with Crippen LogP contribution < -0.4 is 10.1 Å². The van der Waals surface area contributed by atoms with E-state index in [0.717, 1.165) is 23.3 Å². The Labute approximate surface area is 115 Å². The summed E-state index contributed by atoms with van der Waals surface area (Å²) in [5.41, 5.74) is 4.07. The summed E-state index contributed by atoms with van der Waals surface area (Å²) in [6, 6.07) is 14.4. The van der Waals surface area contributed by atoms with E-state index in [1.54, 1.807) is 0 Å². The van der Waals surface area contributed by atoms with Crippen LogP contribution in [0.1, 0.15) is 16.7 Å². The quantitative estimate of drug-likeness (QED) is 0.935. The fourth-order valence-corrected chi connectivity index (χ4v) is 2.63. The van der Waals surface area contributed by atoms with Crippen molar-refractivity contribution in [2.75, 3.05) is 0 Å². The van der Waals surface area contributed by atoms with Crippen molar-refractivity contribution < 1.29 is 4.74 Å². The number of benzene rings is 2. The van der Waals surface area contributed by atoms with Crippen LogP contribution >= 0.6 is 15.9 Å². The van der Waals surface area contributed by atoms with Gasteiger partial charge in [0.2, 0.25) is 0 Å². The molecule has 0 bridgehead atoms. The van der Waals surface area contributed by atoms with Crippen molar-refractivity contribution in [1.29, 1.82) is 0 Å². The number of hydrogen-bond acceptors (Lipinski definition) is 2. The Morgan fingerprint density at radius 2 is 2.00 bits per heavy atom. The highest BCUT2D eigenvalue weighted by atomic mass is 79.9. The number of hydrogen-bond donors (Lipinski definition) is 1. The highest BCUT2D eigenvalue weighted by Crippen LogP contribution is 2.23. The molecule has 0 amide bonds. The van der Waals surface area contributed by atoms with E-state index in [9.17, 15) is 0 Å². The first-order chi connectivity index (χ1) is 8.83. The minimum Gasteiger partial charge on any atom is -0.489 e. The highest BCUT2D eigenvalue weighted by molar-refractivity contribution is 9.10. The van der Waals surface area contributed by atoms with E-state index in [0.29, 0.717) is 6.61 Å². The topological polar surface area (TPSA) is 21.3 Å². The van der Waals surface area contributed by atoms with Gasteiger partial charge in [-0.1, -0.05) is 40.2 Å². The summed E-state index contributed by atoms with van der Waals surface area (Å²) in [6.45, 7) is 2.55. The molecule has 0 saturated carbocycles. The van der Waals surface area contributed by atoms with Crippen molar-refractivity contribution >= 4 is 15.9 Å². The Morgan fingerprint density at radius 1 is 1.11 bits per heavy atom. The summed E-state index contributed by atoms with van der Waals surface area (Å²) < 4.78 is 6.88. The second-order valence-corrected chi connectivity index (χ2v) is 5.32. The fraction of sp³-hybridized carbons (Fsp3) is 0.200. The third-order valence-corrected chi connectivity index (χ3v) is 3.67. The number of rotatable bonds is 3. The summed E-state index contributed by atoms with van der Waals surface area (Å²) in [4.78, 5) is 0. The molecule has 1 aliphatic heterocycles. The smallest absolute Gasteiger partial charge is 0.120 e. The molecule has 2 aromatic rings. The number of nitrogens with one attached hydrogen (secondary N) is 1. The molecule has 92 valence electrons. The van der Waals surface area contributed by atoms with Crippen LogP contribution in [0.2, 0.25) is 0 Å². The summed E-state index contributed by atoms with van der Waals surface area (Å²) in [5, 5.41) is 3.37. The van der Waals surface area contributed by atoms with Gasteiger partial charge in [-0.3, -0.25) is 0 Å². The van der Waals surface area contributed by atoms with E-state index >= 15 is 0 Å². The molecule has 0 saturated heterocycles. The summed E-state index contributed by atoms with van der Waals surface area (Å²) in [5.74, 6) is 0.896. The van der Waals surface area contributed by atoms with Crippen LogP contribution in [0, 0.1) is 0 Å². The molecule has 1 N–H and O–H groups in total. The zero-order chi connectivity index (χ0) is 12.4. The molecule has 1 aliphatic rings. The number of ether oxygens (including phenoxy) is 1. The van der Waals surface area contributed by atoms with Gasteiger partial charge in [-0.25, -0.2) is 0 Å². The predicted octanol–water partition coefficient (Wildman–Crippen LogP) is 3.63. The van der Waals surface area contributed by atoms with Gasteiger partial charge in [0.05, 0.1) is 0 Å². The third kappa shape index (κ3) is 2.42. The molecule has 3 heteroatoms. The molecule has 2 nitrogen and oxygen atoms in total. The minimum absolute atomic E-state index is 0.626. The predicted molar refractivity (Wildman–Crippen MR) is 75.5 cm³/mol. The molecule has 0 spiro atoms. The van der Waals surface area contributed by atoms with Gasteiger partial charge in [-0.2, -0.15) is 0 Å². The number of halogens is 1. The summed E-state index contributed by atoms with van der Waals surface area (Å²) >= 11 is 3.45. The summed E-state index contributed by atoms with van der Waals surface area (Å²) in [7, 11) is 0. The first kappa shape index (κ1) is 11.8. The molecule has 0 unspecified atom stereocenters. The summed E-state index contributed by atoms with van der Waals surface area (Å²) in [6.07, 6.45) is 0. The Morgan fingerprint density at radius 3 is 2.89 bits per heavy atom. The SMILES string of the molecule is Brc1cccc(OCc2cccc3c2CNC3)c1. The molecular formula is C15H14BrNO. The van der Waals surface area contributed by atoms with Crippen molar-refractivity contribution in [3.8, 4) is 5.75 Å². The second kappa shape index (κ2) is 5.12. The van der Waals surface area contributed by atoms with Gasteiger partial charge in [0.25, 0.3) is 0 Å². The highest BCUT2D eigenvalue weighted by Gasteiger charge is 2.13. The van der Waals surface area contributed by atoms with E-state index in [-0.39, 0.29) is 0 Å². The largest absolute Gasteiger partial charge is 0.489 e. The lowest BCUT2D eigenvalue weighted by atomic mass is 10.0. The van der Waals surface area contributed by atoms with Crippen molar-refractivity contribution in [1.82, 2.24) is 5.32 Å². The van der Waals surface area contributed by atoms with Crippen LogP contribution in [0.5, 0.6) is 5.75 Å². The Kier molecular flexibility index (Phi) is 3.35. The molecule has 1 heterocycles. The van der Waals surface area contributed by atoms with Crippen LogP contribution in [-0.4, -0.2) is 0 Å². The zero-order valence-electron chi connectivity index (χ0n) is 9.95. The normalized spacial score (nSPS) is 13.4. The molecule has 0 aliphatic carbocycles. The Bertz CT molecular complexity index is 568. The van der Waals surface area contributed by atoms with Crippen LogP contribution in [-0.2, 0) is 19.7 Å². The standard InChI is InChI=1S/C15H14BrNO/c16-13-5-2-6-14(7-13)18-10-12-4-1-3-11-8-17-9-15(11)12/h1-7,17H,8-10H2. The first-order valence-electron chi connectivity index (χ1n) is 6.01. The average Bonchev–Trinajstić information content (AvgIpc) is 2.85. The first-order valence-corrected chi connectivity index (χ1v) is 6.81. The van der Waals surface area contributed by atoms with E-state index in [1.165, 1.54) is 16.7 Å². The van der Waals surface area contributed by atoms with E-state index in [1.807, 2.05) is 24.3 Å². The maximum absolute atomic E-state index is 5.84. The maximum Gasteiger partial charge on any atom is 0.120 e. The minimum atomic E-state index is 0.626. The van der Waals surface area contributed by atoms with Crippen molar-refractivity contribution in [2.45, 2.75) is 19.7 Å². The van der Waals surface area contributed by atoms with Gasteiger partial charge < -0.3 is 10.1 Å². The van der Waals surface area contributed by atoms with Crippen molar-refractivity contribution in [3.05, 3.63) is 63.6 Å². The maximum atomic E-state index is 5.84. The lowest BCUT2D eigenvalue weighted by Crippen LogP contribution is -2.03. The van der Waals surface area contributed by atoms with Crippen LogP contribution in [0.3, 0.4) is 0 Å².